The molecule has 0 amide bonds. The lowest BCUT2D eigenvalue weighted by atomic mass is 10.2. The number of nitrogens with one attached hydrogen (secondary N) is 1. The zero-order chi connectivity index (χ0) is 19.7. The van der Waals surface area contributed by atoms with Gasteiger partial charge in [-0.1, -0.05) is 17.8 Å². The van der Waals surface area contributed by atoms with E-state index in [-0.39, 0.29) is 5.78 Å². The van der Waals surface area contributed by atoms with Crippen LogP contribution in [0.15, 0.2) is 46.9 Å². The van der Waals surface area contributed by atoms with Gasteiger partial charge in [0.25, 0.3) is 0 Å². The van der Waals surface area contributed by atoms with Crippen LogP contribution in [0.1, 0.15) is 26.6 Å². The largest absolute Gasteiger partial charge is 0.497 e. The van der Waals surface area contributed by atoms with Crippen molar-refractivity contribution < 1.29 is 9.53 Å². The molecule has 0 spiro atoms. The summed E-state index contributed by atoms with van der Waals surface area (Å²) in [6.45, 7) is 4.88. The molecule has 0 saturated heterocycles. The Labute approximate surface area is 171 Å². The van der Waals surface area contributed by atoms with Gasteiger partial charge in [-0.25, -0.2) is 4.98 Å². The van der Waals surface area contributed by atoms with Crippen LogP contribution in [0.25, 0.3) is 11.0 Å². The number of thioether (sulfide) groups is 1. The molecule has 1 N–H and O–H groups in total. The molecule has 0 aliphatic rings. The van der Waals surface area contributed by atoms with Gasteiger partial charge in [0.2, 0.25) is 0 Å². The zero-order valence-electron chi connectivity index (χ0n) is 16.0. The smallest absolute Gasteiger partial charge is 0.175 e. The van der Waals surface area contributed by atoms with Gasteiger partial charge in [-0.05, 0) is 43.5 Å². The van der Waals surface area contributed by atoms with Crippen LogP contribution in [0, 0.1) is 13.8 Å². The van der Waals surface area contributed by atoms with Crippen LogP contribution < -0.4 is 4.74 Å². The van der Waals surface area contributed by atoms with E-state index in [2.05, 4.69) is 39.0 Å². The standard InChI is InChI=1S/C21H21N3O2S2/c1-13-9-17(14(2)24(13)11-16-5-4-8-27-16)20(25)12-28-21-22-18-7-6-15(26-3)10-19(18)23-21/h4-10H,11-12H2,1-3H3,(H,22,23). The number of ketones is 1. The Hall–Kier alpha value is -2.51. The van der Waals surface area contributed by atoms with Crippen LogP contribution in [0.5, 0.6) is 5.75 Å². The van der Waals surface area contributed by atoms with E-state index in [4.69, 9.17) is 4.74 Å². The summed E-state index contributed by atoms with van der Waals surface area (Å²) in [6.07, 6.45) is 0. The Balaban J connectivity index is 1.48. The number of H-pyrrole nitrogens is 1. The first-order valence-corrected chi connectivity index (χ1v) is 10.8. The van der Waals surface area contributed by atoms with Crippen LogP contribution in [0.2, 0.25) is 0 Å². The van der Waals surface area contributed by atoms with Gasteiger partial charge >= 0.3 is 0 Å². The number of rotatable bonds is 7. The zero-order valence-corrected chi connectivity index (χ0v) is 17.6. The maximum atomic E-state index is 12.8. The lowest BCUT2D eigenvalue weighted by Gasteiger charge is -2.08. The van der Waals surface area contributed by atoms with Crippen molar-refractivity contribution in [1.82, 2.24) is 14.5 Å². The molecule has 4 rings (SSSR count). The second kappa shape index (κ2) is 7.85. The molecule has 0 radical (unpaired) electrons. The quantitative estimate of drug-likeness (QED) is 0.340. The Kier molecular flexibility index (Phi) is 5.28. The summed E-state index contributed by atoms with van der Waals surface area (Å²) in [4.78, 5) is 21.9. The van der Waals surface area contributed by atoms with Gasteiger partial charge in [-0.15, -0.1) is 11.3 Å². The maximum absolute atomic E-state index is 12.8. The van der Waals surface area contributed by atoms with E-state index in [1.54, 1.807) is 18.4 Å². The van der Waals surface area contributed by atoms with Crippen molar-refractivity contribution in [3.8, 4) is 5.75 Å². The molecular weight excluding hydrogens is 390 g/mol. The summed E-state index contributed by atoms with van der Waals surface area (Å²) in [5.41, 5.74) is 4.69. The fourth-order valence-corrected chi connectivity index (χ4v) is 4.72. The number of imidazole rings is 1. The number of carbonyl (C=O) groups is 1. The number of carbonyl (C=O) groups excluding carboxylic acids is 1. The minimum Gasteiger partial charge on any atom is -0.497 e. The molecule has 0 atom stereocenters. The molecule has 28 heavy (non-hydrogen) atoms. The third-order valence-corrected chi connectivity index (χ3v) is 6.51. The van der Waals surface area contributed by atoms with E-state index in [0.717, 1.165) is 45.4 Å². The normalized spacial score (nSPS) is 11.2. The average Bonchev–Trinajstić information content (AvgIpc) is 3.41. The van der Waals surface area contributed by atoms with Gasteiger partial charge in [-0.3, -0.25) is 4.79 Å². The highest BCUT2D eigenvalue weighted by atomic mass is 32.2. The van der Waals surface area contributed by atoms with Gasteiger partial charge < -0.3 is 14.3 Å². The monoisotopic (exact) mass is 411 g/mol. The number of nitrogens with zero attached hydrogens (tertiary/aromatic N) is 2. The molecule has 0 aliphatic heterocycles. The second-order valence-electron chi connectivity index (χ2n) is 6.59. The van der Waals surface area contributed by atoms with Crippen molar-refractivity contribution in [3.63, 3.8) is 0 Å². The van der Waals surface area contributed by atoms with Crippen LogP contribution in [-0.4, -0.2) is 33.2 Å². The van der Waals surface area contributed by atoms with Crippen molar-refractivity contribution in [1.29, 1.82) is 0 Å². The summed E-state index contributed by atoms with van der Waals surface area (Å²) in [5.74, 6) is 1.25. The van der Waals surface area contributed by atoms with Crippen LogP contribution >= 0.6 is 23.1 Å². The Morgan fingerprint density at radius 2 is 2.14 bits per heavy atom. The van der Waals surface area contributed by atoms with Crippen LogP contribution in [-0.2, 0) is 6.54 Å². The molecule has 7 heteroatoms. The first kappa shape index (κ1) is 18.8. The summed E-state index contributed by atoms with van der Waals surface area (Å²) in [5, 5.41) is 2.82. The number of hydrogen-bond acceptors (Lipinski definition) is 5. The Morgan fingerprint density at radius 1 is 1.29 bits per heavy atom. The van der Waals surface area contributed by atoms with E-state index in [0.29, 0.717) is 5.75 Å². The molecule has 144 valence electrons. The van der Waals surface area contributed by atoms with Gasteiger partial charge in [0.1, 0.15) is 5.75 Å². The number of hydrogen-bond donors (Lipinski definition) is 1. The highest BCUT2D eigenvalue weighted by molar-refractivity contribution is 7.99. The van der Waals surface area contributed by atoms with E-state index < -0.39 is 0 Å². The second-order valence-corrected chi connectivity index (χ2v) is 8.58. The van der Waals surface area contributed by atoms with Crippen molar-refractivity contribution in [2.75, 3.05) is 12.9 Å². The first-order valence-electron chi connectivity index (χ1n) is 8.94. The third kappa shape index (κ3) is 3.72. The molecule has 1 aromatic carbocycles. The number of aromatic nitrogens is 3. The highest BCUT2D eigenvalue weighted by Crippen LogP contribution is 2.25. The fraction of sp³-hybridized carbons (Fsp3) is 0.238. The number of thiophene rings is 1. The predicted octanol–water partition coefficient (Wildman–Crippen LogP) is 5.07. The van der Waals surface area contributed by atoms with Gasteiger partial charge in [0.05, 0.1) is 30.4 Å². The molecule has 0 unspecified atom stereocenters. The number of fused-ring (bicyclic) bond motifs is 1. The van der Waals surface area contributed by atoms with Gasteiger partial charge in [-0.2, -0.15) is 0 Å². The van der Waals surface area contributed by atoms with Gasteiger partial charge in [0, 0.05) is 27.9 Å². The summed E-state index contributed by atoms with van der Waals surface area (Å²) < 4.78 is 7.45. The average molecular weight is 412 g/mol. The van der Waals surface area contributed by atoms with Crippen molar-refractivity contribution >= 4 is 39.9 Å². The third-order valence-electron chi connectivity index (χ3n) is 4.78. The van der Waals surface area contributed by atoms with E-state index in [1.807, 2.05) is 31.2 Å². The molecular formula is C21H21N3O2S2. The Morgan fingerprint density at radius 3 is 2.89 bits per heavy atom. The van der Waals surface area contributed by atoms with Crippen LogP contribution in [0.3, 0.4) is 0 Å². The molecule has 3 aromatic heterocycles. The molecule has 0 saturated carbocycles. The summed E-state index contributed by atoms with van der Waals surface area (Å²) in [7, 11) is 1.64. The van der Waals surface area contributed by atoms with E-state index in [1.165, 1.54) is 16.6 Å². The van der Waals surface area contributed by atoms with E-state index in [9.17, 15) is 4.79 Å². The van der Waals surface area contributed by atoms with Crippen LogP contribution in [0.4, 0.5) is 0 Å². The van der Waals surface area contributed by atoms with E-state index >= 15 is 0 Å². The number of Topliss-reactive ketones (excluding diaryl/α,β-unsaturated/α-hetero) is 1. The molecule has 4 aromatic rings. The summed E-state index contributed by atoms with van der Waals surface area (Å²) in [6, 6.07) is 11.9. The molecule has 5 nitrogen and oxygen atoms in total. The molecule has 0 aliphatic carbocycles. The number of methoxy groups -OCH3 is 1. The Bertz CT molecular complexity index is 1130. The minimum absolute atomic E-state index is 0.119. The summed E-state index contributed by atoms with van der Waals surface area (Å²) >= 11 is 3.16. The number of ether oxygens (including phenoxy) is 1. The van der Waals surface area contributed by atoms with Crippen molar-refractivity contribution in [3.05, 3.63) is 63.6 Å². The highest BCUT2D eigenvalue weighted by Gasteiger charge is 2.17. The predicted molar refractivity (Wildman–Crippen MR) is 115 cm³/mol. The van der Waals surface area contributed by atoms with Crippen molar-refractivity contribution in [2.24, 2.45) is 0 Å². The van der Waals surface area contributed by atoms with Gasteiger partial charge in [0.15, 0.2) is 10.9 Å². The topological polar surface area (TPSA) is 59.9 Å². The lowest BCUT2D eigenvalue weighted by Crippen LogP contribution is -2.07. The number of benzene rings is 1. The minimum atomic E-state index is 0.119. The molecule has 0 fully saturated rings. The number of aryl methyl sites for hydroxylation is 1. The fourth-order valence-electron chi connectivity index (χ4n) is 3.26. The number of aromatic amines is 1. The molecule has 0 bridgehead atoms. The molecule has 3 heterocycles. The SMILES string of the molecule is COc1ccc2nc(SCC(=O)c3cc(C)n(Cc4cccs4)c3C)[nH]c2c1. The maximum Gasteiger partial charge on any atom is 0.175 e. The van der Waals surface area contributed by atoms with Crippen molar-refractivity contribution in [2.45, 2.75) is 25.5 Å². The lowest BCUT2D eigenvalue weighted by molar-refractivity contribution is 0.102. The first-order chi connectivity index (χ1) is 13.5.